The highest BCUT2D eigenvalue weighted by Gasteiger charge is 1.95. The first kappa shape index (κ1) is 23.4. The van der Waals surface area contributed by atoms with Crippen LogP contribution in [0.25, 0.3) is 0 Å². The average molecular weight is 293 g/mol. The van der Waals surface area contributed by atoms with Gasteiger partial charge in [0.1, 0.15) is 0 Å². The summed E-state index contributed by atoms with van der Waals surface area (Å²) in [5, 5.41) is 7.00. The smallest absolute Gasteiger partial charge is 0.324 e. The third-order valence-electron chi connectivity index (χ3n) is 1.62. The largest absolute Gasteiger partial charge is 0.400 e. The normalized spacial score (nSPS) is 8.58. The number of hydrogen-bond donors (Lipinski definition) is 5. The molecule has 0 aliphatic carbocycles. The fraction of sp³-hybridized carbons (Fsp3) is 0.538. The predicted octanol–water partition coefficient (Wildman–Crippen LogP) is 2.29. The molecule has 0 unspecified atom stereocenters. The first-order valence-electron chi connectivity index (χ1n) is 6.07. The van der Waals surface area contributed by atoms with Gasteiger partial charge in [0, 0.05) is 12.8 Å². The van der Waals surface area contributed by atoms with Crippen LogP contribution in [0.5, 0.6) is 0 Å². The van der Waals surface area contributed by atoms with Crippen LogP contribution < -0.4 is 5.73 Å². The average Bonchev–Trinajstić information content (AvgIpc) is 2.36. The second kappa shape index (κ2) is 17.3. The fourth-order valence-electron chi connectivity index (χ4n) is 1.13. The van der Waals surface area contributed by atoms with Gasteiger partial charge in [0.15, 0.2) is 0 Å². The highest BCUT2D eigenvalue weighted by atomic mass is 31.2. The lowest BCUT2D eigenvalue weighted by Gasteiger charge is -2.03. The molecular weight excluding hydrogens is 265 g/mol. The molecule has 0 atom stereocenters. The van der Waals surface area contributed by atoms with E-state index in [-0.39, 0.29) is 0 Å². The Morgan fingerprint density at radius 1 is 1.00 bits per heavy atom. The van der Waals surface area contributed by atoms with Crippen molar-refractivity contribution in [2.75, 3.05) is 12.8 Å². The van der Waals surface area contributed by atoms with Crippen LogP contribution in [0.2, 0.25) is 0 Å². The number of hydrogen-bond acceptors (Lipinski definition) is 5. The van der Waals surface area contributed by atoms with E-state index in [0.717, 1.165) is 25.1 Å². The zero-order chi connectivity index (χ0) is 15.8. The van der Waals surface area contributed by atoms with Crippen molar-refractivity contribution in [1.82, 2.24) is 0 Å². The monoisotopic (exact) mass is 293 g/mol. The van der Waals surface area contributed by atoms with Crippen LogP contribution in [0.3, 0.4) is 0 Å². The molecule has 1 aromatic rings. The lowest BCUT2D eigenvalue weighted by molar-refractivity contribution is 0.368. The Kier molecular flexibility index (Phi) is 21.3. The van der Waals surface area contributed by atoms with Gasteiger partial charge in [-0.1, -0.05) is 39.8 Å². The SMILES string of the molecule is CC.CC(C)Cc1ccc(N)cc1.CO.OP(O)O. The van der Waals surface area contributed by atoms with E-state index in [4.69, 9.17) is 25.5 Å². The summed E-state index contributed by atoms with van der Waals surface area (Å²) in [6, 6.07) is 8.10. The summed E-state index contributed by atoms with van der Waals surface area (Å²) in [4.78, 5) is 21.7. The van der Waals surface area contributed by atoms with Crippen LogP contribution in [-0.4, -0.2) is 26.9 Å². The molecule has 0 saturated carbocycles. The first-order chi connectivity index (χ1) is 8.91. The molecule has 0 saturated heterocycles. The van der Waals surface area contributed by atoms with Crippen molar-refractivity contribution < 1.29 is 19.8 Å². The van der Waals surface area contributed by atoms with Gasteiger partial charge in [0.05, 0.1) is 0 Å². The first-order valence-corrected chi connectivity index (χ1v) is 7.27. The van der Waals surface area contributed by atoms with Gasteiger partial charge in [-0.3, -0.25) is 0 Å². The Bertz CT molecular complexity index is 263. The molecule has 5 nitrogen and oxygen atoms in total. The number of nitrogens with two attached hydrogens (primary N) is 1. The van der Waals surface area contributed by atoms with Gasteiger partial charge in [-0.2, -0.15) is 0 Å². The van der Waals surface area contributed by atoms with Crippen molar-refractivity contribution in [3.05, 3.63) is 29.8 Å². The van der Waals surface area contributed by atoms with Crippen LogP contribution >= 0.6 is 8.60 Å². The van der Waals surface area contributed by atoms with Gasteiger partial charge in [-0.15, -0.1) is 0 Å². The molecule has 6 N–H and O–H groups in total. The second-order valence-corrected chi connectivity index (χ2v) is 4.14. The lowest BCUT2D eigenvalue weighted by Crippen LogP contribution is -1.94. The zero-order valence-corrected chi connectivity index (χ0v) is 13.3. The van der Waals surface area contributed by atoms with Crippen molar-refractivity contribution in [2.24, 2.45) is 5.92 Å². The maximum absolute atomic E-state index is 7.23. The topological polar surface area (TPSA) is 107 Å². The molecule has 0 aliphatic rings. The summed E-state index contributed by atoms with van der Waals surface area (Å²) >= 11 is 0. The van der Waals surface area contributed by atoms with E-state index in [1.54, 1.807) is 0 Å². The summed E-state index contributed by atoms with van der Waals surface area (Å²) in [5.41, 5.74) is 7.77. The predicted molar refractivity (Wildman–Crippen MR) is 82.5 cm³/mol. The molecule has 114 valence electrons. The summed E-state index contributed by atoms with van der Waals surface area (Å²) in [7, 11) is -1.62. The van der Waals surface area contributed by atoms with Crippen LogP contribution in [0.1, 0.15) is 33.3 Å². The Morgan fingerprint density at radius 2 is 1.32 bits per heavy atom. The Balaban J connectivity index is -0.000000271. The maximum atomic E-state index is 7.23. The number of anilines is 1. The highest BCUT2D eigenvalue weighted by molar-refractivity contribution is 7.38. The minimum atomic E-state index is -2.62. The molecule has 1 aromatic carbocycles. The third-order valence-corrected chi connectivity index (χ3v) is 1.62. The molecule has 0 bridgehead atoms. The minimum absolute atomic E-state index is 0.721. The molecule has 0 spiro atoms. The molecule has 0 aromatic heterocycles. The van der Waals surface area contributed by atoms with Crippen LogP contribution in [0.4, 0.5) is 5.69 Å². The minimum Gasteiger partial charge on any atom is -0.400 e. The molecular formula is C13H28NO4P. The van der Waals surface area contributed by atoms with Gasteiger partial charge in [-0.25, -0.2) is 0 Å². The van der Waals surface area contributed by atoms with Crippen molar-refractivity contribution in [3.8, 4) is 0 Å². The highest BCUT2D eigenvalue weighted by Crippen LogP contribution is 2.11. The van der Waals surface area contributed by atoms with Gasteiger partial charge in [-0.05, 0) is 30.0 Å². The van der Waals surface area contributed by atoms with Crippen LogP contribution in [0, 0.1) is 5.92 Å². The molecule has 19 heavy (non-hydrogen) atoms. The number of benzene rings is 1. The van der Waals surface area contributed by atoms with E-state index in [2.05, 4.69) is 26.0 Å². The van der Waals surface area contributed by atoms with Crippen molar-refractivity contribution in [1.29, 1.82) is 0 Å². The van der Waals surface area contributed by atoms with Gasteiger partial charge in [0.2, 0.25) is 0 Å². The molecule has 1 rings (SSSR count). The van der Waals surface area contributed by atoms with Crippen molar-refractivity contribution in [3.63, 3.8) is 0 Å². The van der Waals surface area contributed by atoms with E-state index >= 15 is 0 Å². The van der Waals surface area contributed by atoms with Gasteiger partial charge < -0.3 is 25.5 Å². The van der Waals surface area contributed by atoms with Crippen LogP contribution in [0.15, 0.2) is 24.3 Å². The molecule has 0 fully saturated rings. The number of rotatable bonds is 2. The Morgan fingerprint density at radius 3 is 1.58 bits per heavy atom. The maximum Gasteiger partial charge on any atom is 0.324 e. The number of aliphatic hydroxyl groups excluding tert-OH is 1. The van der Waals surface area contributed by atoms with Gasteiger partial charge >= 0.3 is 8.60 Å². The Hall–Kier alpha value is -0.710. The second-order valence-electron chi connectivity index (χ2n) is 3.61. The molecule has 0 amide bonds. The lowest BCUT2D eigenvalue weighted by atomic mass is 10.0. The van der Waals surface area contributed by atoms with Crippen LogP contribution in [-0.2, 0) is 6.42 Å². The summed E-state index contributed by atoms with van der Waals surface area (Å²) in [6.07, 6.45) is 1.14. The molecule has 0 radical (unpaired) electrons. The summed E-state index contributed by atoms with van der Waals surface area (Å²) in [6.45, 7) is 8.44. The molecule has 0 aliphatic heterocycles. The summed E-state index contributed by atoms with van der Waals surface area (Å²) in [5.74, 6) is 0.721. The molecule has 0 heterocycles. The van der Waals surface area contributed by atoms with E-state index in [0.29, 0.717) is 0 Å². The standard InChI is InChI=1S/C10H15N.C2H6.CH4O.H3O3P/c1-8(2)7-9-3-5-10(11)6-4-9;2*1-2;1-4(2)3/h3-6,8H,7,11H2,1-2H3;1-2H3;2H,1H3;1-3H. The fourth-order valence-corrected chi connectivity index (χ4v) is 1.13. The third kappa shape index (κ3) is 22.9. The van der Waals surface area contributed by atoms with E-state index < -0.39 is 8.60 Å². The van der Waals surface area contributed by atoms with Crippen molar-refractivity contribution in [2.45, 2.75) is 34.1 Å². The summed E-state index contributed by atoms with van der Waals surface area (Å²) < 4.78 is 0. The number of nitrogen functional groups attached to an aromatic ring is 1. The van der Waals surface area contributed by atoms with E-state index in [9.17, 15) is 0 Å². The number of aliphatic hydroxyl groups is 1. The van der Waals surface area contributed by atoms with E-state index in [1.165, 1.54) is 5.56 Å². The van der Waals surface area contributed by atoms with Gasteiger partial charge in [0.25, 0.3) is 0 Å². The Labute approximate surface area is 117 Å². The quantitative estimate of drug-likeness (QED) is 0.425. The zero-order valence-electron chi connectivity index (χ0n) is 12.4. The van der Waals surface area contributed by atoms with E-state index in [1.807, 2.05) is 26.0 Å². The molecule has 6 heteroatoms. The van der Waals surface area contributed by atoms with Crippen molar-refractivity contribution >= 4 is 14.3 Å².